The molecule has 1 N–H and O–H groups in total. The molecule has 2 aliphatic heterocycles. The van der Waals surface area contributed by atoms with Gasteiger partial charge in [0.1, 0.15) is 12.0 Å². The van der Waals surface area contributed by atoms with Crippen molar-refractivity contribution in [2.24, 2.45) is 0 Å². The van der Waals surface area contributed by atoms with E-state index in [2.05, 4.69) is 32.7 Å². The molecule has 2 saturated heterocycles. The van der Waals surface area contributed by atoms with Crippen LogP contribution < -0.4 is 9.64 Å². The van der Waals surface area contributed by atoms with Crippen molar-refractivity contribution in [3.63, 3.8) is 0 Å². The number of piperazine rings is 2. The van der Waals surface area contributed by atoms with Crippen LogP contribution in [0.3, 0.4) is 0 Å². The van der Waals surface area contributed by atoms with Crippen LogP contribution in [0.4, 0.5) is 5.69 Å². The molecule has 0 bridgehead atoms. The Kier molecular flexibility index (Phi) is 9.01. The first-order valence-corrected chi connectivity index (χ1v) is 12.8. The molecule has 0 unspecified atom stereocenters. The van der Waals surface area contributed by atoms with Gasteiger partial charge in [-0.3, -0.25) is 14.6 Å². The highest BCUT2D eigenvalue weighted by molar-refractivity contribution is 5.92. The number of nitrogens with zero attached hydrogens (tertiary/aromatic N) is 5. The van der Waals surface area contributed by atoms with Gasteiger partial charge in [-0.25, -0.2) is 4.98 Å². The minimum Gasteiger partial charge on any atom is -0.497 e. The zero-order valence-corrected chi connectivity index (χ0v) is 21.1. The number of aliphatic hydroxyl groups is 1. The summed E-state index contributed by atoms with van der Waals surface area (Å²) in [5.41, 5.74) is 1.49. The van der Waals surface area contributed by atoms with Gasteiger partial charge in [-0.1, -0.05) is 25.8 Å². The number of oxazole rings is 1. The smallest absolute Gasteiger partial charge is 0.275 e. The number of unbranched alkanes of at least 4 members (excludes halogenated alkanes) is 1. The van der Waals surface area contributed by atoms with Crippen molar-refractivity contribution >= 4 is 11.6 Å². The Labute approximate surface area is 208 Å². The van der Waals surface area contributed by atoms with Crippen LogP contribution in [-0.2, 0) is 6.54 Å². The number of aromatic nitrogens is 1. The van der Waals surface area contributed by atoms with E-state index in [0.717, 1.165) is 76.5 Å². The highest BCUT2D eigenvalue weighted by Crippen LogP contribution is 2.22. The Morgan fingerprint density at radius 1 is 1.11 bits per heavy atom. The summed E-state index contributed by atoms with van der Waals surface area (Å²) in [5.74, 6) is 1.35. The molecule has 0 spiro atoms. The lowest BCUT2D eigenvalue weighted by Gasteiger charge is -2.35. The molecule has 192 valence electrons. The molecule has 9 nitrogen and oxygen atoms in total. The van der Waals surface area contributed by atoms with Crippen LogP contribution in [0.2, 0.25) is 0 Å². The number of hydrogen-bond acceptors (Lipinski definition) is 8. The van der Waals surface area contributed by atoms with Crippen molar-refractivity contribution in [3.8, 4) is 5.75 Å². The molecule has 2 fully saturated rings. The van der Waals surface area contributed by atoms with E-state index in [-0.39, 0.29) is 12.0 Å². The Morgan fingerprint density at radius 2 is 1.86 bits per heavy atom. The van der Waals surface area contributed by atoms with E-state index in [1.54, 1.807) is 7.11 Å². The number of hydrogen-bond donors (Lipinski definition) is 1. The maximum Gasteiger partial charge on any atom is 0.275 e. The number of methoxy groups -OCH3 is 1. The van der Waals surface area contributed by atoms with Crippen LogP contribution in [0.15, 0.2) is 34.9 Å². The largest absolute Gasteiger partial charge is 0.497 e. The van der Waals surface area contributed by atoms with E-state index < -0.39 is 0 Å². The number of ether oxygens (including phenoxy) is 1. The van der Waals surface area contributed by atoms with Gasteiger partial charge in [-0.15, -0.1) is 0 Å². The molecule has 35 heavy (non-hydrogen) atoms. The van der Waals surface area contributed by atoms with Crippen molar-refractivity contribution in [2.45, 2.75) is 38.8 Å². The number of carbonyl (C=O) groups excluding carboxylic acids is 1. The fraction of sp³-hybridized carbons (Fsp3) is 0.615. The molecule has 1 aromatic carbocycles. The molecule has 1 aromatic heterocycles. The monoisotopic (exact) mass is 485 g/mol. The van der Waals surface area contributed by atoms with Gasteiger partial charge in [0.25, 0.3) is 5.91 Å². The van der Waals surface area contributed by atoms with E-state index in [4.69, 9.17) is 9.15 Å². The Balaban J connectivity index is 1.21. The predicted molar refractivity (Wildman–Crippen MR) is 135 cm³/mol. The average molecular weight is 486 g/mol. The normalized spacial score (nSPS) is 18.6. The molecular weight excluding hydrogens is 446 g/mol. The molecule has 1 atom stereocenters. The first kappa shape index (κ1) is 25.5. The number of anilines is 1. The Bertz CT molecular complexity index is 935. The summed E-state index contributed by atoms with van der Waals surface area (Å²) >= 11 is 0. The standard InChI is InChI=1S/C26H39N5O4/c1-3-4-7-22(32)18-28-9-11-29(12-10-28)19-25-27-24(20-35-25)26(33)31-15-13-30(14-16-31)21-6-5-8-23(17-21)34-2/h5-6,8,17,20,22,32H,3-4,7,9-16,18-19H2,1-2H3/t22-/m1/s1. The zero-order valence-electron chi connectivity index (χ0n) is 21.1. The molecular formula is C26H39N5O4. The number of rotatable bonds is 10. The minimum atomic E-state index is -0.237. The summed E-state index contributed by atoms with van der Waals surface area (Å²) in [7, 11) is 1.67. The topological polar surface area (TPSA) is 85.5 Å². The third kappa shape index (κ3) is 6.96. The maximum absolute atomic E-state index is 13.0. The first-order valence-electron chi connectivity index (χ1n) is 12.8. The summed E-state index contributed by atoms with van der Waals surface area (Å²) in [4.78, 5) is 26.2. The van der Waals surface area contributed by atoms with Crippen LogP contribution in [0.5, 0.6) is 5.75 Å². The first-order chi connectivity index (χ1) is 17.1. The van der Waals surface area contributed by atoms with E-state index >= 15 is 0 Å². The summed E-state index contributed by atoms with van der Waals surface area (Å²) in [6.45, 7) is 9.96. The van der Waals surface area contributed by atoms with Gasteiger partial charge in [0.2, 0.25) is 5.89 Å². The van der Waals surface area contributed by atoms with Crippen LogP contribution in [0, 0.1) is 0 Å². The summed E-state index contributed by atoms with van der Waals surface area (Å²) in [5, 5.41) is 10.2. The number of β-amino-alcohol motifs (C(OH)–C–C–N with tert-alkyl or cyclic N) is 1. The maximum atomic E-state index is 13.0. The van der Waals surface area contributed by atoms with Crippen molar-refractivity contribution in [1.29, 1.82) is 0 Å². The second-order valence-electron chi connectivity index (χ2n) is 9.48. The van der Waals surface area contributed by atoms with Crippen molar-refractivity contribution in [1.82, 2.24) is 19.7 Å². The molecule has 2 aromatic rings. The Hall–Kier alpha value is -2.62. The van der Waals surface area contributed by atoms with Crippen LogP contribution in [0.25, 0.3) is 0 Å². The van der Waals surface area contributed by atoms with Crippen LogP contribution in [-0.4, -0.2) is 103 Å². The van der Waals surface area contributed by atoms with E-state index in [0.29, 0.717) is 31.2 Å². The van der Waals surface area contributed by atoms with E-state index in [1.807, 2.05) is 23.1 Å². The van der Waals surface area contributed by atoms with Crippen molar-refractivity contribution in [3.05, 3.63) is 42.1 Å². The lowest BCUT2D eigenvalue weighted by Crippen LogP contribution is -2.49. The van der Waals surface area contributed by atoms with E-state index in [9.17, 15) is 9.90 Å². The van der Waals surface area contributed by atoms with Gasteiger partial charge < -0.3 is 24.1 Å². The number of benzene rings is 1. The molecule has 4 rings (SSSR count). The van der Waals surface area contributed by atoms with E-state index in [1.165, 1.54) is 6.26 Å². The highest BCUT2D eigenvalue weighted by Gasteiger charge is 2.26. The lowest BCUT2D eigenvalue weighted by molar-refractivity contribution is 0.0627. The predicted octanol–water partition coefficient (Wildman–Crippen LogP) is 2.31. The van der Waals surface area contributed by atoms with Crippen molar-refractivity contribution in [2.75, 3.05) is 70.9 Å². The second kappa shape index (κ2) is 12.4. The lowest BCUT2D eigenvalue weighted by atomic mass is 10.1. The van der Waals surface area contributed by atoms with Gasteiger partial charge in [-0.2, -0.15) is 0 Å². The third-order valence-electron chi connectivity index (χ3n) is 6.94. The number of aliphatic hydroxyl groups excluding tert-OH is 1. The number of amides is 1. The molecule has 9 heteroatoms. The average Bonchev–Trinajstić information content (AvgIpc) is 3.36. The molecule has 1 amide bonds. The van der Waals surface area contributed by atoms with Crippen LogP contribution in [0.1, 0.15) is 42.6 Å². The number of carbonyl (C=O) groups is 1. The van der Waals surface area contributed by atoms with Gasteiger partial charge in [0.15, 0.2) is 5.69 Å². The van der Waals surface area contributed by atoms with Crippen molar-refractivity contribution < 1.29 is 19.1 Å². The fourth-order valence-electron chi connectivity index (χ4n) is 4.77. The van der Waals surface area contributed by atoms with Crippen LogP contribution >= 0.6 is 0 Å². The summed E-state index contributed by atoms with van der Waals surface area (Å²) in [6, 6.07) is 8.01. The Morgan fingerprint density at radius 3 is 2.57 bits per heavy atom. The quantitative estimate of drug-likeness (QED) is 0.549. The SMILES string of the molecule is CCCC[C@@H](O)CN1CCN(Cc2nc(C(=O)N3CCN(c4cccc(OC)c4)CC3)co2)CC1. The molecule has 2 aliphatic rings. The molecule has 0 aliphatic carbocycles. The highest BCUT2D eigenvalue weighted by atomic mass is 16.5. The minimum absolute atomic E-state index is 0.0730. The third-order valence-corrected chi connectivity index (χ3v) is 6.94. The van der Waals surface area contributed by atoms with Gasteiger partial charge in [0.05, 0.1) is 19.8 Å². The summed E-state index contributed by atoms with van der Waals surface area (Å²) < 4.78 is 11.0. The second-order valence-corrected chi connectivity index (χ2v) is 9.48. The molecule has 0 radical (unpaired) electrons. The summed E-state index contributed by atoms with van der Waals surface area (Å²) in [6.07, 6.45) is 4.32. The van der Waals surface area contributed by atoms with Gasteiger partial charge in [-0.05, 0) is 18.6 Å². The zero-order chi connectivity index (χ0) is 24.6. The fourth-order valence-corrected chi connectivity index (χ4v) is 4.77. The molecule has 0 saturated carbocycles. The van der Waals surface area contributed by atoms with Gasteiger partial charge in [0, 0.05) is 70.7 Å². The van der Waals surface area contributed by atoms with Gasteiger partial charge >= 0.3 is 0 Å². The molecule has 3 heterocycles.